The largest absolute Gasteiger partial charge is 0.497 e. The number of nitrogens with zero attached hydrogens (tertiary/aromatic N) is 2. The molecular formula is C13H14FN3O2. The van der Waals surface area contributed by atoms with Gasteiger partial charge in [-0.1, -0.05) is 0 Å². The van der Waals surface area contributed by atoms with E-state index in [1.165, 1.54) is 26.3 Å². The summed E-state index contributed by atoms with van der Waals surface area (Å²) in [5, 5.41) is 2.40. The van der Waals surface area contributed by atoms with E-state index in [-0.39, 0.29) is 11.3 Å². The molecule has 0 unspecified atom stereocenters. The van der Waals surface area contributed by atoms with E-state index in [2.05, 4.69) is 10.3 Å². The highest BCUT2D eigenvalue weighted by Gasteiger charge is 2.20. The number of amides is 1. The molecule has 1 aromatic carbocycles. The number of nitrogens with one attached hydrogen (secondary N) is 1. The molecule has 0 radical (unpaired) electrons. The molecule has 1 aromatic rings. The second kappa shape index (κ2) is 5.51. The third-order valence-corrected chi connectivity index (χ3v) is 2.74. The van der Waals surface area contributed by atoms with Crippen LogP contribution >= 0.6 is 0 Å². The Labute approximate surface area is 110 Å². The summed E-state index contributed by atoms with van der Waals surface area (Å²) in [5.74, 6) is -0.679. The first-order valence-electron chi connectivity index (χ1n) is 5.70. The summed E-state index contributed by atoms with van der Waals surface area (Å²) in [6.07, 6.45) is 5.02. The van der Waals surface area contributed by atoms with E-state index in [9.17, 15) is 9.18 Å². The molecule has 0 aromatic heterocycles. The molecule has 0 fully saturated rings. The van der Waals surface area contributed by atoms with Crippen molar-refractivity contribution in [2.24, 2.45) is 4.99 Å². The van der Waals surface area contributed by atoms with Crippen LogP contribution in [0.15, 0.2) is 29.4 Å². The maximum absolute atomic E-state index is 14.4. The second-order valence-electron chi connectivity index (χ2n) is 3.87. The Kier molecular flexibility index (Phi) is 3.79. The van der Waals surface area contributed by atoms with E-state index in [1.807, 2.05) is 0 Å². The van der Waals surface area contributed by atoms with Crippen molar-refractivity contribution in [1.29, 1.82) is 0 Å². The van der Waals surface area contributed by atoms with Gasteiger partial charge in [-0.25, -0.2) is 4.39 Å². The number of anilines is 1. The standard InChI is InChI=1S/C13H14FN3O2/c1-15-13(18)10-6-9(19-2)7-11(12(10)14)17-5-3-4-16-8-17/h3-7H,8H2,1-2H3,(H,15,18). The van der Waals surface area contributed by atoms with Crippen LogP contribution in [-0.2, 0) is 0 Å². The molecule has 1 amide bonds. The van der Waals surface area contributed by atoms with Crippen LogP contribution in [0.1, 0.15) is 10.4 Å². The van der Waals surface area contributed by atoms with Gasteiger partial charge in [-0.3, -0.25) is 9.79 Å². The number of carbonyl (C=O) groups is 1. The predicted octanol–water partition coefficient (Wildman–Crippen LogP) is 1.56. The fourth-order valence-corrected chi connectivity index (χ4v) is 1.75. The van der Waals surface area contributed by atoms with Crippen molar-refractivity contribution in [2.75, 3.05) is 25.7 Å². The Balaban J connectivity index is 2.50. The minimum Gasteiger partial charge on any atom is -0.497 e. The first-order valence-corrected chi connectivity index (χ1v) is 5.70. The maximum Gasteiger partial charge on any atom is 0.254 e. The van der Waals surface area contributed by atoms with Crippen molar-refractivity contribution in [3.05, 3.63) is 35.8 Å². The van der Waals surface area contributed by atoms with E-state index < -0.39 is 11.7 Å². The van der Waals surface area contributed by atoms with Crippen molar-refractivity contribution >= 4 is 17.8 Å². The van der Waals surface area contributed by atoms with E-state index in [0.29, 0.717) is 12.4 Å². The van der Waals surface area contributed by atoms with Crippen LogP contribution in [0.2, 0.25) is 0 Å². The molecule has 1 aliphatic rings. The van der Waals surface area contributed by atoms with Gasteiger partial charge in [0.05, 0.1) is 18.4 Å². The maximum atomic E-state index is 14.4. The Hall–Kier alpha value is -2.37. The lowest BCUT2D eigenvalue weighted by atomic mass is 10.1. The normalized spacial score (nSPS) is 13.5. The molecule has 2 rings (SSSR count). The number of allylic oxidation sites excluding steroid dienone is 1. The molecule has 0 saturated carbocycles. The van der Waals surface area contributed by atoms with Crippen LogP contribution in [0.5, 0.6) is 5.75 Å². The van der Waals surface area contributed by atoms with Crippen LogP contribution in [0.25, 0.3) is 0 Å². The van der Waals surface area contributed by atoms with Crippen LogP contribution in [0, 0.1) is 5.82 Å². The highest BCUT2D eigenvalue weighted by Crippen LogP contribution is 2.29. The third kappa shape index (κ3) is 2.57. The van der Waals surface area contributed by atoms with Crippen molar-refractivity contribution in [3.63, 3.8) is 0 Å². The van der Waals surface area contributed by atoms with Crippen molar-refractivity contribution in [2.45, 2.75) is 0 Å². The smallest absolute Gasteiger partial charge is 0.254 e. The highest BCUT2D eigenvalue weighted by atomic mass is 19.1. The van der Waals surface area contributed by atoms with Gasteiger partial charge >= 0.3 is 0 Å². The summed E-state index contributed by atoms with van der Waals surface area (Å²) in [5.41, 5.74) is 0.200. The van der Waals surface area contributed by atoms with Crippen molar-refractivity contribution in [1.82, 2.24) is 5.32 Å². The monoisotopic (exact) mass is 263 g/mol. The number of benzene rings is 1. The van der Waals surface area contributed by atoms with E-state index in [4.69, 9.17) is 4.74 Å². The van der Waals surface area contributed by atoms with Gasteiger partial charge < -0.3 is 15.0 Å². The Bertz CT molecular complexity index is 555. The number of rotatable bonds is 3. The highest BCUT2D eigenvalue weighted by molar-refractivity contribution is 5.96. The molecule has 6 heteroatoms. The number of hydrogen-bond donors (Lipinski definition) is 1. The van der Waals surface area contributed by atoms with Crippen LogP contribution < -0.4 is 15.0 Å². The molecule has 5 nitrogen and oxygen atoms in total. The lowest BCUT2D eigenvalue weighted by molar-refractivity contribution is 0.0959. The van der Waals surface area contributed by atoms with Gasteiger partial charge in [-0.2, -0.15) is 0 Å². The summed E-state index contributed by atoms with van der Waals surface area (Å²) in [4.78, 5) is 17.3. The Morgan fingerprint density at radius 1 is 1.53 bits per heavy atom. The Morgan fingerprint density at radius 3 is 2.89 bits per heavy atom. The molecule has 0 bridgehead atoms. The zero-order chi connectivity index (χ0) is 13.8. The van der Waals surface area contributed by atoms with Gasteiger partial charge in [0.2, 0.25) is 0 Å². The summed E-state index contributed by atoms with van der Waals surface area (Å²) >= 11 is 0. The average molecular weight is 263 g/mol. The predicted molar refractivity (Wildman–Crippen MR) is 71.3 cm³/mol. The zero-order valence-corrected chi connectivity index (χ0v) is 10.7. The number of ether oxygens (including phenoxy) is 1. The van der Waals surface area contributed by atoms with E-state index in [0.717, 1.165) is 0 Å². The van der Waals surface area contributed by atoms with Crippen molar-refractivity contribution in [3.8, 4) is 5.75 Å². The summed E-state index contributed by atoms with van der Waals surface area (Å²) in [6, 6.07) is 2.90. The second-order valence-corrected chi connectivity index (χ2v) is 3.87. The SMILES string of the molecule is CNC(=O)c1cc(OC)cc(N2C=CC=NC2)c1F. The molecule has 0 aliphatic carbocycles. The molecule has 0 saturated heterocycles. The van der Waals surface area contributed by atoms with Gasteiger partial charge in [0.25, 0.3) is 5.91 Å². The third-order valence-electron chi connectivity index (χ3n) is 2.74. The van der Waals surface area contributed by atoms with Gasteiger partial charge in [-0.15, -0.1) is 0 Å². The number of hydrogen-bond acceptors (Lipinski definition) is 4. The minimum absolute atomic E-state index is 0.0557. The fourth-order valence-electron chi connectivity index (χ4n) is 1.75. The molecule has 19 heavy (non-hydrogen) atoms. The summed E-state index contributed by atoms with van der Waals surface area (Å²) < 4.78 is 19.5. The Morgan fingerprint density at radius 2 is 2.32 bits per heavy atom. The first kappa shape index (κ1) is 13.1. The summed E-state index contributed by atoms with van der Waals surface area (Å²) in [7, 11) is 2.92. The first-order chi connectivity index (χ1) is 9.17. The van der Waals surface area contributed by atoms with Gasteiger partial charge in [0, 0.05) is 25.5 Å². The summed E-state index contributed by atoms with van der Waals surface area (Å²) in [6.45, 7) is 0.299. The molecule has 100 valence electrons. The number of aliphatic imine (C=N–C) groups is 1. The number of methoxy groups -OCH3 is 1. The van der Waals surface area contributed by atoms with Crippen molar-refractivity contribution < 1.29 is 13.9 Å². The molecule has 0 atom stereocenters. The lowest BCUT2D eigenvalue weighted by Crippen LogP contribution is -2.23. The number of halogens is 1. The van der Waals surface area contributed by atoms with E-state index in [1.54, 1.807) is 23.4 Å². The quantitative estimate of drug-likeness (QED) is 0.900. The average Bonchev–Trinajstić information content (AvgIpc) is 2.47. The van der Waals surface area contributed by atoms with Crippen LogP contribution in [-0.4, -0.2) is 32.9 Å². The minimum atomic E-state index is -0.595. The van der Waals surface area contributed by atoms with Gasteiger partial charge in [0.1, 0.15) is 12.4 Å². The molecule has 1 heterocycles. The molecule has 0 spiro atoms. The topological polar surface area (TPSA) is 53.9 Å². The lowest BCUT2D eigenvalue weighted by Gasteiger charge is -2.22. The van der Waals surface area contributed by atoms with Gasteiger partial charge in [-0.05, 0) is 12.1 Å². The number of carbonyl (C=O) groups excluding carboxylic acids is 1. The van der Waals surface area contributed by atoms with Crippen LogP contribution in [0.3, 0.4) is 0 Å². The zero-order valence-electron chi connectivity index (χ0n) is 10.7. The van der Waals surface area contributed by atoms with E-state index >= 15 is 0 Å². The molecule has 1 aliphatic heterocycles. The van der Waals surface area contributed by atoms with Crippen LogP contribution in [0.4, 0.5) is 10.1 Å². The molecule has 1 N–H and O–H groups in total. The van der Waals surface area contributed by atoms with Gasteiger partial charge in [0.15, 0.2) is 5.82 Å². The molecular weight excluding hydrogens is 249 g/mol. The fraction of sp³-hybridized carbons (Fsp3) is 0.231.